The number of para-hydroxylation sites is 1. The van der Waals surface area contributed by atoms with E-state index in [4.69, 9.17) is 16.3 Å². The molecule has 1 aliphatic heterocycles. The first-order chi connectivity index (χ1) is 15.2. The number of nitrogens with zero attached hydrogens (tertiary/aromatic N) is 1. The first-order valence-corrected chi connectivity index (χ1v) is 12.7. The molecule has 0 aromatic heterocycles. The Bertz CT molecular complexity index is 1080. The summed E-state index contributed by atoms with van der Waals surface area (Å²) in [6.45, 7) is 3.53. The number of ether oxygens (including phenoxy) is 1. The number of halogens is 1. The van der Waals surface area contributed by atoms with Crippen LogP contribution in [0.2, 0.25) is 5.02 Å². The van der Waals surface area contributed by atoms with E-state index in [-0.39, 0.29) is 47.4 Å². The maximum absolute atomic E-state index is 13.0. The highest BCUT2D eigenvalue weighted by Gasteiger charge is 2.36. The monoisotopic (exact) mass is 478 g/mol. The molecule has 3 rings (SSSR count). The third-order valence-electron chi connectivity index (χ3n) is 5.52. The maximum atomic E-state index is 13.0. The van der Waals surface area contributed by atoms with Crippen molar-refractivity contribution >= 4 is 38.9 Å². The Kier molecular flexibility index (Phi) is 7.79. The predicted octanol–water partition coefficient (Wildman–Crippen LogP) is 3.79. The molecule has 32 heavy (non-hydrogen) atoms. The SMILES string of the molecule is CCC(C)N(C(=O)COc1ccc(Cl)cc1C(=O)Nc1ccccc1)C1CCS(=O)(=O)C1. The average molecular weight is 479 g/mol. The summed E-state index contributed by atoms with van der Waals surface area (Å²) >= 11 is 6.08. The van der Waals surface area contributed by atoms with Crippen molar-refractivity contribution in [1.29, 1.82) is 0 Å². The van der Waals surface area contributed by atoms with Crippen molar-refractivity contribution in [2.75, 3.05) is 23.4 Å². The second kappa shape index (κ2) is 10.4. The molecular weight excluding hydrogens is 452 g/mol. The lowest BCUT2D eigenvalue weighted by Crippen LogP contribution is -2.48. The molecule has 172 valence electrons. The molecule has 1 N–H and O–H groups in total. The largest absolute Gasteiger partial charge is 0.483 e. The molecular formula is C23H27ClN2O5S. The fraction of sp³-hybridized carbons (Fsp3) is 0.391. The molecule has 1 saturated heterocycles. The highest BCUT2D eigenvalue weighted by molar-refractivity contribution is 7.91. The summed E-state index contributed by atoms with van der Waals surface area (Å²) in [6, 6.07) is 13.1. The lowest BCUT2D eigenvalue weighted by Gasteiger charge is -2.33. The maximum Gasteiger partial charge on any atom is 0.261 e. The van der Waals surface area contributed by atoms with E-state index in [0.717, 1.165) is 0 Å². The first kappa shape index (κ1) is 24.1. The molecule has 7 nitrogen and oxygen atoms in total. The van der Waals surface area contributed by atoms with Gasteiger partial charge in [-0.25, -0.2) is 8.42 Å². The van der Waals surface area contributed by atoms with E-state index in [1.54, 1.807) is 41.3 Å². The molecule has 0 bridgehead atoms. The van der Waals surface area contributed by atoms with Gasteiger partial charge in [0.15, 0.2) is 16.4 Å². The summed E-state index contributed by atoms with van der Waals surface area (Å²) in [5, 5.41) is 3.14. The molecule has 2 atom stereocenters. The van der Waals surface area contributed by atoms with Crippen LogP contribution >= 0.6 is 11.6 Å². The quantitative estimate of drug-likeness (QED) is 0.623. The smallest absolute Gasteiger partial charge is 0.261 e. The lowest BCUT2D eigenvalue weighted by atomic mass is 10.1. The Balaban J connectivity index is 1.75. The standard InChI is InChI=1S/C23H27ClN2O5S/c1-3-16(2)26(19-11-12-32(29,30)15-19)22(27)14-31-21-10-9-17(24)13-20(21)23(28)25-18-7-5-4-6-8-18/h4-10,13,16,19H,3,11-12,14-15H2,1-2H3,(H,25,28). The molecule has 2 unspecified atom stereocenters. The Hall–Kier alpha value is -2.58. The highest BCUT2D eigenvalue weighted by Crippen LogP contribution is 2.26. The number of amides is 2. The molecule has 0 aliphatic carbocycles. The van der Waals surface area contributed by atoms with Gasteiger partial charge < -0.3 is 15.0 Å². The van der Waals surface area contributed by atoms with Gasteiger partial charge in [-0.3, -0.25) is 9.59 Å². The number of hydrogen-bond acceptors (Lipinski definition) is 5. The number of sulfone groups is 1. The van der Waals surface area contributed by atoms with Crippen LogP contribution < -0.4 is 10.1 Å². The predicted molar refractivity (Wildman–Crippen MR) is 125 cm³/mol. The summed E-state index contributed by atoms with van der Waals surface area (Å²) in [6.07, 6.45) is 1.11. The van der Waals surface area contributed by atoms with Crippen LogP contribution in [-0.2, 0) is 14.6 Å². The number of carbonyl (C=O) groups is 2. The van der Waals surface area contributed by atoms with Gasteiger partial charge in [-0.2, -0.15) is 0 Å². The van der Waals surface area contributed by atoms with Crippen LogP contribution in [0.1, 0.15) is 37.0 Å². The summed E-state index contributed by atoms with van der Waals surface area (Å²) in [5.41, 5.74) is 0.817. The van der Waals surface area contributed by atoms with Gasteiger partial charge in [-0.05, 0) is 50.1 Å². The van der Waals surface area contributed by atoms with Crippen LogP contribution in [0.3, 0.4) is 0 Å². The third-order valence-corrected chi connectivity index (χ3v) is 7.51. The Labute approximate surface area is 193 Å². The first-order valence-electron chi connectivity index (χ1n) is 10.5. The van der Waals surface area contributed by atoms with E-state index < -0.39 is 15.7 Å². The second-order valence-electron chi connectivity index (χ2n) is 7.86. The number of anilines is 1. The zero-order chi connectivity index (χ0) is 23.3. The van der Waals surface area contributed by atoms with E-state index in [0.29, 0.717) is 23.6 Å². The van der Waals surface area contributed by atoms with Crippen molar-refractivity contribution < 1.29 is 22.7 Å². The molecule has 0 radical (unpaired) electrons. The minimum Gasteiger partial charge on any atom is -0.483 e. The van der Waals surface area contributed by atoms with Crippen LogP contribution in [0.4, 0.5) is 5.69 Å². The van der Waals surface area contributed by atoms with Crippen molar-refractivity contribution in [2.45, 2.75) is 38.8 Å². The minimum atomic E-state index is -3.14. The summed E-state index contributed by atoms with van der Waals surface area (Å²) in [7, 11) is -3.14. The normalized spacial score (nSPS) is 18.0. The molecule has 1 heterocycles. The molecule has 2 amide bonds. The minimum absolute atomic E-state index is 0.0330. The van der Waals surface area contributed by atoms with E-state index >= 15 is 0 Å². The van der Waals surface area contributed by atoms with Crippen molar-refractivity contribution in [3.05, 3.63) is 59.1 Å². The zero-order valence-corrected chi connectivity index (χ0v) is 19.7. The van der Waals surface area contributed by atoms with E-state index in [9.17, 15) is 18.0 Å². The highest BCUT2D eigenvalue weighted by atomic mass is 35.5. The Morgan fingerprint density at radius 3 is 2.56 bits per heavy atom. The van der Waals surface area contributed by atoms with Gasteiger partial charge in [0.2, 0.25) is 0 Å². The van der Waals surface area contributed by atoms with Gasteiger partial charge in [0.05, 0.1) is 17.1 Å². The number of hydrogen-bond donors (Lipinski definition) is 1. The number of nitrogens with one attached hydrogen (secondary N) is 1. The van der Waals surface area contributed by atoms with Crippen LogP contribution in [0.25, 0.3) is 0 Å². The van der Waals surface area contributed by atoms with Crippen molar-refractivity contribution in [3.8, 4) is 5.75 Å². The number of benzene rings is 2. The summed E-state index contributed by atoms with van der Waals surface area (Å²) < 4.78 is 29.6. The van der Waals surface area contributed by atoms with Gasteiger partial charge in [-0.15, -0.1) is 0 Å². The fourth-order valence-electron chi connectivity index (χ4n) is 3.74. The van der Waals surface area contributed by atoms with Crippen molar-refractivity contribution in [3.63, 3.8) is 0 Å². The van der Waals surface area contributed by atoms with Gasteiger partial charge in [0, 0.05) is 22.8 Å². The average Bonchev–Trinajstić information content (AvgIpc) is 3.12. The topological polar surface area (TPSA) is 92.8 Å². The molecule has 2 aromatic rings. The molecule has 0 saturated carbocycles. The second-order valence-corrected chi connectivity index (χ2v) is 10.5. The van der Waals surface area contributed by atoms with Crippen LogP contribution in [0.5, 0.6) is 5.75 Å². The van der Waals surface area contributed by atoms with Gasteiger partial charge in [0.25, 0.3) is 11.8 Å². The molecule has 9 heteroatoms. The third kappa shape index (κ3) is 6.01. The van der Waals surface area contributed by atoms with Gasteiger partial charge >= 0.3 is 0 Å². The molecule has 1 aliphatic rings. The van der Waals surface area contributed by atoms with Crippen LogP contribution in [0.15, 0.2) is 48.5 Å². The van der Waals surface area contributed by atoms with Gasteiger partial charge in [-0.1, -0.05) is 36.7 Å². The summed E-state index contributed by atoms with van der Waals surface area (Å²) in [5.74, 6) is -0.457. The number of carbonyl (C=O) groups excluding carboxylic acids is 2. The Morgan fingerprint density at radius 2 is 1.94 bits per heavy atom. The lowest BCUT2D eigenvalue weighted by molar-refractivity contribution is -0.137. The Morgan fingerprint density at radius 1 is 1.22 bits per heavy atom. The van der Waals surface area contributed by atoms with E-state index in [2.05, 4.69) is 5.32 Å². The molecule has 1 fully saturated rings. The van der Waals surface area contributed by atoms with Crippen molar-refractivity contribution in [1.82, 2.24) is 4.90 Å². The van der Waals surface area contributed by atoms with E-state index in [1.807, 2.05) is 19.9 Å². The van der Waals surface area contributed by atoms with Gasteiger partial charge in [0.1, 0.15) is 5.75 Å². The van der Waals surface area contributed by atoms with Crippen molar-refractivity contribution in [2.24, 2.45) is 0 Å². The van der Waals surface area contributed by atoms with Crippen LogP contribution in [0, 0.1) is 0 Å². The van der Waals surface area contributed by atoms with Crippen LogP contribution in [-0.4, -0.2) is 55.3 Å². The molecule has 0 spiro atoms. The summed E-state index contributed by atoms with van der Waals surface area (Å²) in [4.78, 5) is 27.4. The van der Waals surface area contributed by atoms with E-state index in [1.165, 1.54) is 6.07 Å². The zero-order valence-electron chi connectivity index (χ0n) is 18.1. The fourth-order valence-corrected chi connectivity index (χ4v) is 5.62. The number of rotatable bonds is 8. The molecule has 2 aromatic carbocycles.